The van der Waals surface area contributed by atoms with E-state index in [1.54, 1.807) is 0 Å². The van der Waals surface area contributed by atoms with E-state index in [-0.39, 0.29) is 5.91 Å². The lowest BCUT2D eigenvalue weighted by Gasteiger charge is -2.27. The maximum atomic E-state index is 12.3. The topological polar surface area (TPSA) is 44.4 Å². The maximum Gasteiger partial charge on any atom is 0.224 e. The number of carbonyl (C=O) groups is 1. The van der Waals surface area contributed by atoms with Crippen molar-refractivity contribution in [3.05, 3.63) is 29.3 Å². The number of anilines is 1. The van der Waals surface area contributed by atoms with E-state index in [1.165, 1.54) is 29.1 Å². The highest BCUT2D eigenvalue weighted by Gasteiger charge is 2.17. The molecular formula is C19H29N3OS. The molecule has 2 aliphatic heterocycles. The summed E-state index contributed by atoms with van der Waals surface area (Å²) < 4.78 is 0. The highest BCUT2D eigenvalue weighted by atomic mass is 32.2. The van der Waals surface area contributed by atoms with Crippen LogP contribution in [0.4, 0.5) is 5.69 Å². The van der Waals surface area contributed by atoms with E-state index in [4.69, 9.17) is 0 Å². The highest BCUT2D eigenvalue weighted by Crippen LogP contribution is 2.22. The fourth-order valence-corrected chi connectivity index (χ4v) is 4.48. The molecule has 132 valence electrons. The third-order valence-corrected chi connectivity index (χ3v) is 6.10. The molecule has 0 aliphatic carbocycles. The molecule has 0 radical (unpaired) electrons. The molecule has 0 spiro atoms. The lowest BCUT2D eigenvalue weighted by Crippen LogP contribution is -2.32. The van der Waals surface area contributed by atoms with Gasteiger partial charge in [0.1, 0.15) is 0 Å². The quantitative estimate of drug-likeness (QED) is 0.830. The normalized spacial score (nSPS) is 21.8. The molecule has 5 heteroatoms. The Kier molecular flexibility index (Phi) is 6.58. The van der Waals surface area contributed by atoms with Crippen LogP contribution in [0.1, 0.15) is 30.4 Å². The van der Waals surface area contributed by atoms with Crippen LogP contribution in [0.5, 0.6) is 0 Å². The Balaban J connectivity index is 1.54. The van der Waals surface area contributed by atoms with Gasteiger partial charge in [-0.1, -0.05) is 12.1 Å². The third-order valence-electron chi connectivity index (χ3n) is 5.16. The molecule has 2 aliphatic rings. The maximum absolute atomic E-state index is 12.3. The van der Waals surface area contributed by atoms with Crippen LogP contribution in [-0.2, 0) is 11.3 Å². The summed E-state index contributed by atoms with van der Waals surface area (Å²) in [5, 5.41) is 6.49. The van der Waals surface area contributed by atoms with E-state index in [2.05, 4.69) is 34.6 Å². The molecule has 0 aromatic heterocycles. The number of hydrogen-bond donors (Lipinski definition) is 2. The largest absolute Gasteiger partial charge is 0.326 e. The molecule has 2 saturated heterocycles. The molecule has 2 fully saturated rings. The van der Waals surface area contributed by atoms with Crippen molar-refractivity contribution in [1.29, 1.82) is 0 Å². The van der Waals surface area contributed by atoms with E-state index in [1.807, 2.05) is 17.8 Å². The van der Waals surface area contributed by atoms with Crippen LogP contribution >= 0.6 is 11.8 Å². The van der Waals surface area contributed by atoms with Crippen LogP contribution in [0.3, 0.4) is 0 Å². The van der Waals surface area contributed by atoms with Gasteiger partial charge in [-0.25, -0.2) is 0 Å². The molecule has 2 heterocycles. The summed E-state index contributed by atoms with van der Waals surface area (Å²) in [5.41, 5.74) is 3.53. The highest BCUT2D eigenvalue weighted by molar-refractivity contribution is 7.99. The molecule has 3 rings (SSSR count). The van der Waals surface area contributed by atoms with Gasteiger partial charge in [0.2, 0.25) is 5.91 Å². The monoisotopic (exact) mass is 347 g/mol. The zero-order valence-corrected chi connectivity index (χ0v) is 15.5. The van der Waals surface area contributed by atoms with E-state index in [0.717, 1.165) is 44.8 Å². The Morgan fingerprint density at radius 2 is 2.21 bits per heavy atom. The van der Waals surface area contributed by atoms with Crippen LogP contribution in [-0.4, -0.2) is 48.5 Å². The Labute approximate surface area is 149 Å². The SMILES string of the molecule is Cc1c(CN2CCSCC2)cccc1NC(=O)CCC1CCNC1. The number of hydrogen-bond acceptors (Lipinski definition) is 4. The van der Waals surface area contributed by atoms with E-state index < -0.39 is 0 Å². The van der Waals surface area contributed by atoms with Crippen molar-refractivity contribution in [3.63, 3.8) is 0 Å². The molecule has 1 unspecified atom stereocenters. The molecule has 0 bridgehead atoms. The van der Waals surface area contributed by atoms with Crippen LogP contribution in [0.2, 0.25) is 0 Å². The molecule has 1 aromatic rings. The van der Waals surface area contributed by atoms with Gasteiger partial charge in [-0.15, -0.1) is 0 Å². The number of nitrogens with one attached hydrogen (secondary N) is 2. The van der Waals surface area contributed by atoms with Crippen LogP contribution in [0.15, 0.2) is 18.2 Å². The van der Waals surface area contributed by atoms with Gasteiger partial charge < -0.3 is 10.6 Å². The van der Waals surface area contributed by atoms with Crippen molar-refractivity contribution in [2.75, 3.05) is 43.0 Å². The van der Waals surface area contributed by atoms with Gasteiger partial charge in [0.05, 0.1) is 0 Å². The summed E-state index contributed by atoms with van der Waals surface area (Å²) in [5.74, 6) is 3.27. The van der Waals surface area contributed by atoms with E-state index in [0.29, 0.717) is 12.3 Å². The minimum Gasteiger partial charge on any atom is -0.326 e. The van der Waals surface area contributed by atoms with Crippen molar-refractivity contribution in [2.45, 2.75) is 32.7 Å². The van der Waals surface area contributed by atoms with Gasteiger partial charge in [0.15, 0.2) is 0 Å². The van der Waals surface area contributed by atoms with Gasteiger partial charge in [0.25, 0.3) is 0 Å². The second-order valence-electron chi connectivity index (χ2n) is 6.92. The molecule has 1 atom stereocenters. The first-order valence-corrected chi connectivity index (χ1v) is 10.3. The molecule has 24 heavy (non-hydrogen) atoms. The summed E-state index contributed by atoms with van der Waals surface area (Å²) in [7, 11) is 0. The lowest BCUT2D eigenvalue weighted by atomic mass is 10.0. The fraction of sp³-hybridized carbons (Fsp3) is 0.632. The Morgan fingerprint density at radius 1 is 1.38 bits per heavy atom. The predicted octanol–water partition coefficient (Wildman–Crippen LogP) is 2.87. The van der Waals surface area contributed by atoms with Crippen molar-refractivity contribution >= 4 is 23.4 Å². The summed E-state index contributed by atoms with van der Waals surface area (Å²) >= 11 is 2.04. The second kappa shape index (κ2) is 8.88. The molecule has 0 saturated carbocycles. The number of rotatable bonds is 6. The Morgan fingerprint density at radius 3 is 2.96 bits per heavy atom. The summed E-state index contributed by atoms with van der Waals surface area (Å²) in [6.45, 7) is 7.61. The molecular weight excluding hydrogens is 318 g/mol. The fourth-order valence-electron chi connectivity index (χ4n) is 3.50. The van der Waals surface area contributed by atoms with Crippen molar-refractivity contribution in [3.8, 4) is 0 Å². The minimum absolute atomic E-state index is 0.150. The van der Waals surface area contributed by atoms with Crippen LogP contribution in [0.25, 0.3) is 0 Å². The predicted molar refractivity (Wildman–Crippen MR) is 103 cm³/mol. The number of amides is 1. The first-order valence-electron chi connectivity index (χ1n) is 9.11. The van der Waals surface area contributed by atoms with Gasteiger partial charge in [0, 0.05) is 43.2 Å². The van der Waals surface area contributed by atoms with Crippen molar-refractivity contribution in [1.82, 2.24) is 10.2 Å². The van der Waals surface area contributed by atoms with E-state index >= 15 is 0 Å². The summed E-state index contributed by atoms with van der Waals surface area (Å²) in [4.78, 5) is 14.8. The number of carbonyl (C=O) groups excluding carboxylic acids is 1. The number of benzene rings is 1. The average Bonchev–Trinajstić information content (AvgIpc) is 3.11. The summed E-state index contributed by atoms with van der Waals surface area (Å²) in [6.07, 6.45) is 2.82. The van der Waals surface area contributed by atoms with Gasteiger partial charge in [-0.2, -0.15) is 11.8 Å². The minimum atomic E-state index is 0.150. The zero-order valence-electron chi connectivity index (χ0n) is 14.6. The first kappa shape index (κ1) is 17.8. The average molecular weight is 348 g/mol. The standard InChI is InChI=1S/C19H29N3OS/c1-15-17(14-22-9-11-24-12-10-22)3-2-4-18(15)21-19(23)6-5-16-7-8-20-13-16/h2-4,16,20H,5-14H2,1H3,(H,21,23). The smallest absolute Gasteiger partial charge is 0.224 e. The zero-order chi connectivity index (χ0) is 16.8. The molecule has 2 N–H and O–H groups in total. The summed E-state index contributed by atoms with van der Waals surface area (Å²) in [6, 6.07) is 6.29. The Hall–Kier alpha value is -1.04. The van der Waals surface area contributed by atoms with Crippen molar-refractivity contribution in [2.24, 2.45) is 5.92 Å². The molecule has 1 amide bonds. The number of thioether (sulfide) groups is 1. The number of nitrogens with zero attached hydrogens (tertiary/aromatic N) is 1. The third kappa shape index (κ3) is 4.98. The second-order valence-corrected chi connectivity index (χ2v) is 8.15. The lowest BCUT2D eigenvalue weighted by molar-refractivity contribution is -0.116. The molecule has 1 aromatic carbocycles. The van der Waals surface area contributed by atoms with Gasteiger partial charge >= 0.3 is 0 Å². The van der Waals surface area contributed by atoms with Crippen molar-refractivity contribution < 1.29 is 4.79 Å². The van der Waals surface area contributed by atoms with Crippen LogP contribution in [0, 0.1) is 12.8 Å². The van der Waals surface area contributed by atoms with Gasteiger partial charge in [-0.3, -0.25) is 9.69 Å². The first-order chi connectivity index (χ1) is 11.7. The van der Waals surface area contributed by atoms with Gasteiger partial charge in [-0.05, 0) is 56.0 Å². The van der Waals surface area contributed by atoms with Crippen LogP contribution < -0.4 is 10.6 Å². The Bertz CT molecular complexity index is 552. The van der Waals surface area contributed by atoms with E-state index in [9.17, 15) is 4.79 Å². The molecule has 4 nitrogen and oxygen atoms in total.